The molecule has 0 N–H and O–H groups in total. The summed E-state index contributed by atoms with van der Waals surface area (Å²) in [4.78, 5) is 44.7. The van der Waals surface area contributed by atoms with E-state index in [2.05, 4.69) is 60.4 Å². The Morgan fingerprint density at radius 1 is 0.600 bits per heavy atom. The van der Waals surface area contributed by atoms with E-state index in [1.807, 2.05) is 103 Å². The van der Waals surface area contributed by atoms with Crippen LogP contribution in [0.25, 0.3) is 11.2 Å². The minimum Gasteiger partial charge on any atom is -0.414 e. The third-order valence-electron chi connectivity index (χ3n) is 15.4. The second kappa shape index (κ2) is 25.3. The number of carbonyl (C=O) groups is 2. The lowest BCUT2D eigenvalue weighted by molar-refractivity contribution is -0.229. The van der Waals surface area contributed by atoms with Crippen LogP contribution >= 0.6 is 0 Å². The SMILES string of the molecule is CC(C)[Si]1(C(C)C)OC[C@H]2O[C@@H](n3cnc4c(N(C(=O)c5ccccc5)C(=O)c5ccccc5)ncnc43)[C@H](O[C@H]3O[C@H](COCc4ccccc4)[C@@H](OCc4ccccc4)[C@H]3OCc3ccccc3)[C@@H]2O[Si](C(C)C)(C(C)C)O1. The first-order valence-corrected chi connectivity index (χ1v) is 31.8. The second-order valence-corrected chi connectivity index (χ2v) is 30.8. The van der Waals surface area contributed by atoms with Crippen LogP contribution in [0, 0.1) is 0 Å². The molecule has 18 heteroatoms. The molecule has 5 aromatic carbocycles. The van der Waals surface area contributed by atoms with Gasteiger partial charge in [0.25, 0.3) is 11.8 Å². The minimum absolute atomic E-state index is 0.00753. The molecule has 10 rings (SSSR count). The standard InChI is InChI=1S/C62H73N5O11Si2/c1-41(2)79(42(3)4)73-38-51-54(77-80(78-79,43(5)6)44(7)8)55(61(74-51)66-40-65-52-57(66)63-39-64-58(52)67(59(68)48-30-20-12-21-31-48)60(69)49-32-22-13-23-33-49)76-62-56(72-36-47-28-18-11-19-29-47)53(71-35-46-26-16-10-17-27-46)50(75-62)37-70-34-45-24-14-9-15-25-45/h9-33,39-44,50-51,53-56,61-62H,34-38H2,1-8H3/t50-,51-,53-,54-,55-,56-,61-,62-/m1/s1. The molecular weight excluding hydrogens is 1050 g/mol. The highest BCUT2D eigenvalue weighted by Gasteiger charge is 2.63. The Labute approximate surface area is 471 Å². The van der Waals surface area contributed by atoms with Crippen LogP contribution in [0.1, 0.15) is 99.0 Å². The van der Waals surface area contributed by atoms with Gasteiger partial charge in [-0.3, -0.25) is 14.2 Å². The third-order valence-corrected chi connectivity index (χ3v) is 25.7. The van der Waals surface area contributed by atoms with Gasteiger partial charge in [0.15, 0.2) is 29.5 Å². The van der Waals surface area contributed by atoms with Crippen LogP contribution in [-0.2, 0) is 61.2 Å². The molecule has 3 saturated heterocycles. The summed E-state index contributed by atoms with van der Waals surface area (Å²) in [7, 11) is -6.37. The summed E-state index contributed by atoms with van der Waals surface area (Å²) >= 11 is 0. The van der Waals surface area contributed by atoms with Crippen molar-refractivity contribution in [1.82, 2.24) is 19.5 Å². The van der Waals surface area contributed by atoms with Gasteiger partial charge in [-0.25, -0.2) is 19.9 Å². The van der Waals surface area contributed by atoms with Crippen molar-refractivity contribution >= 4 is 45.9 Å². The Morgan fingerprint density at radius 3 is 1.62 bits per heavy atom. The van der Waals surface area contributed by atoms with Crippen molar-refractivity contribution in [3.05, 3.63) is 192 Å². The highest BCUT2D eigenvalue weighted by atomic mass is 28.5. The van der Waals surface area contributed by atoms with Crippen molar-refractivity contribution in [2.75, 3.05) is 18.1 Å². The molecule has 0 unspecified atom stereocenters. The summed E-state index contributed by atoms with van der Waals surface area (Å²) in [5.41, 5.74) is 4.07. The number of amides is 2. The fourth-order valence-corrected chi connectivity index (χ4v) is 22.5. The Kier molecular flexibility index (Phi) is 18.1. The van der Waals surface area contributed by atoms with Crippen molar-refractivity contribution < 1.29 is 51.0 Å². The number of fused-ring (bicyclic) bond motifs is 2. The number of ether oxygens (including phenoxy) is 6. The average Bonchev–Trinajstić information content (AvgIpc) is 4.18. The number of carbonyl (C=O) groups excluding carboxylic acids is 2. The summed E-state index contributed by atoms with van der Waals surface area (Å²) < 4.78 is 66.9. The smallest absolute Gasteiger partial charge is 0.335 e. The number of hydrogen-bond donors (Lipinski definition) is 0. The maximum absolute atomic E-state index is 14.6. The van der Waals surface area contributed by atoms with E-state index in [0.717, 1.165) is 21.6 Å². The number of hydrogen-bond acceptors (Lipinski definition) is 14. The zero-order valence-corrected chi connectivity index (χ0v) is 48.8. The molecule has 0 spiro atoms. The number of aromatic nitrogens is 4. The van der Waals surface area contributed by atoms with Gasteiger partial charge < -0.3 is 41.4 Å². The van der Waals surface area contributed by atoms with Crippen molar-refractivity contribution in [3.8, 4) is 0 Å². The molecule has 3 fully saturated rings. The predicted molar refractivity (Wildman–Crippen MR) is 307 cm³/mol. The monoisotopic (exact) mass is 1120 g/mol. The van der Waals surface area contributed by atoms with Crippen molar-refractivity contribution in [2.45, 2.75) is 147 Å². The van der Waals surface area contributed by atoms with Crippen LogP contribution in [0.15, 0.2) is 164 Å². The third kappa shape index (κ3) is 11.9. The molecule has 420 valence electrons. The number of rotatable bonds is 20. The van der Waals surface area contributed by atoms with Gasteiger partial charge in [0.2, 0.25) is 0 Å². The summed E-state index contributed by atoms with van der Waals surface area (Å²) in [5, 5.41) is 0. The van der Waals surface area contributed by atoms with Gasteiger partial charge in [0.1, 0.15) is 43.0 Å². The van der Waals surface area contributed by atoms with E-state index in [0.29, 0.717) is 6.61 Å². The normalized spacial score (nSPS) is 23.6. The predicted octanol–water partition coefficient (Wildman–Crippen LogP) is 11.7. The van der Waals surface area contributed by atoms with Gasteiger partial charge in [-0.15, -0.1) is 0 Å². The van der Waals surface area contributed by atoms with Crippen molar-refractivity contribution in [2.24, 2.45) is 0 Å². The Balaban J connectivity index is 1.09. The fourth-order valence-electron chi connectivity index (χ4n) is 11.3. The molecule has 8 atom stereocenters. The topological polar surface area (TPSA) is 164 Å². The van der Waals surface area contributed by atoms with Gasteiger partial charge >= 0.3 is 17.1 Å². The van der Waals surface area contributed by atoms with Crippen LogP contribution in [0.2, 0.25) is 22.2 Å². The largest absolute Gasteiger partial charge is 0.414 e. The van der Waals surface area contributed by atoms with E-state index in [4.69, 9.17) is 51.4 Å². The molecule has 16 nitrogen and oxygen atoms in total. The van der Waals surface area contributed by atoms with E-state index in [-0.39, 0.29) is 76.7 Å². The molecule has 80 heavy (non-hydrogen) atoms. The van der Waals surface area contributed by atoms with Crippen LogP contribution in [0.3, 0.4) is 0 Å². The van der Waals surface area contributed by atoms with Crippen molar-refractivity contribution in [3.63, 3.8) is 0 Å². The van der Waals surface area contributed by atoms with E-state index in [1.54, 1.807) is 59.4 Å². The maximum Gasteiger partial charge on any atom is 0.335 e. The molecule has 0 saturated carbocycles. The fraction of sp³-hybridized carbons (Fsp3) is 0.403. The number of imide groups is 1. The molecule has 0 radical (unpaired) electrons. The van der Waals surface area contributed by atoms with E-state index >= 15 is 0 Å². The van der Waals surface area contributed by atoms with Gasteiger partial charge in [-0.05, 0) is 63.1 Å². The number of anilines is 1. The van der Waals surface area contributed by atoms with Gasteiger partial charge in [-0.1, -0.05) is 183 Å². The zero-order chi connectivity index (χ0) is 56.0. The number of nitrogens with zero attached hydrogens (tertiary/aromatic N) is 5. The van der Waals surface area contributed by atoms with Gasteiger partial charge in [0.05, 0.1) is 39.4 Å². The first-order chi connectivity index (χ1) is 38.8. The summed E-state index contributed by atoms with van der Waals surface area (Å²) in [6, 6.07) is 47.2. The summed E-state index contributed by atoms with van der Waals surface area (Å²) in [5.74, 6) is -1.18. The molecule has 2 amide bonds. The highest BCUT2D eigenvalue weighted by molar-refractivity contribution is 6.84. The molecule has 2 aromatic heterocycles. The molecule has 7 aromatic rings. The minimum atomic E-state index is -3.32. The molecule has 3 aliphatic heterocycles. The molecule has 0 aliphatic carbocycles. The van der Waals surface area contributed by atoms with Crippen molar-refractivity contribution in [1.29, 1.82) is 0 Å². The molecule has 0 bridgehead atoms. The van der Waals surface area contributed by atoms with Gasteiger partial charge in [-0.2, -0.15) is 0 Å². The Bertz CT molecular complexity index is 3060. The summed E-state index contributed by atoms with van der Waals surface area (Å²) in [6.45, 7) is 18.6. The van der Waals surface area contributed by atoms with Crippen LogP contribution in [-0.4, -0.2) is 105 Å². The maximum atomic E-state index is 14.6. The lowest BCUT2D eigenvalue weighted by Gasteiger charge is -2.51. The molecular formula is C62H73N5O11Si2. The molecule has 3 aliphatic rings. The van der Waals surface area contributed by atoms with Crippen LogP contribution < -0.4 is 4.90 Å². The Hall–Kier alpha value is -6.14. The first kappa shape index (κ1) is 57.1. The second-order valence-electron chi connectivity index (χ2n) is 22.0. The lowest BCUT2D eigenvalue weighted by atomic mass is 10.1. The quantitative estimate of drug-likeness (QED) is 0.0523. The van der Waals surface area contributed by atoms with E-state index in [9.17, 15) is 9.59 Å². The number of benzene rings is 5. The van der Waals surface area contributed by atoms with E-state index in [1.165, 1.54) is 6.33 Å². The zero-order valence-electron chi connectivity index (χ0n) is 46.8. The highest BCUT2D eigenvalue weighted by Crippen LogP contribution is 2.50. The lowest BCUT2D eigenvalue weighted by Crippen LogP contribution is -2.66. The number of imidazole rings is 1. The summed E-state index contributed by atoms with van der Waals surface area (Å²) in [6.07, 6.45) is -3.79. The Morgan fingerprint density at radius 2 is 1.10 bits per heavy atom. The van der Waals surface area contributed by atoms with E-state index < -0.39 is 78.1 Å². The average molecular weight is 1120 g/mol. The van der Waals surface area contributed by atoms with Crippen LogP contribution in [0.4, 0.5) is 5.82 Å². The van der Waals surface area contributed by atoms with Crippen LogP contribution in [0.5, 0.6) is 0 Å². The first-order valence-electron chi connectivity index (χ1n) is 27.8. The van der Waals surface area contributed by atoms with Gasteiger partial charge in [0, 0.05) is 11.1 Å². The molecule has 5 heterocycles.